The number of thioether (sulfide) groups is 1. The molecule has 5 nitrogen and oxygen atoms in total. The van der Waals surface area contributed by atoms with Gasteiger partial charge in [0.2, 0.25) is 5.91 Å². The summed E-state index contributed by atoms with van der Waals surface area (Å²) in [7, 11) is 1.98. The summed E-state index contributed by atoms with van der Waals surface area (Å²) in [6.07, 6.45) is 4.93. The summed E-state index contributed by atoms with van der Waals surface area (Å²) >= 11 is 3.31. The molecule has 0 aliphatic heterocycles. The zero-order chi connectivity index (χ0) is 18.8. The van der Waals surface area contributed by atoms with Gasteiger partial charge >= 0.3 is 0 Å². The molecule has 2 aromatic heterocycles. The Labute approximate surface area is 164 Å². The minimum atomic E-state index is -0.199. The number of hydrogen-bond acceptors (Lipinski definition) is 5. The Morgan fingerprint density at radius 1 is 1.42 bits per heavy atom. The minimum absolute atomic E-state index is 0.0340. The Hall–Kier alpha value is -1.34. The molecule has 2 atom stereocenters. The number of nitrogens with zero attached hydrogens (tertiary/aromatic N) is 3. The van der Waals surface area contributed by atoms with Crippen LogP contribution in [0.4, 0.5) is 0 Å². The van der Waals surface area contributed by atoms with Crippen LogP contribution in [0.1, 0.15) is 51.0 Å². The molecule has 142 valence electrons. The number of rotatable bonds is 6. The van der Waals surface area contributed by atoms with Crippen LogP contribution in [0.25, 0.3) is 10.7 Å². The van der Waals surface area contributed by atoms with Crippen molar-refractivity contribution in [2.75, 3.05) is 0 Å². The average molecular weight is 393 g/mol. The summed E-state index contributed by atoms with van der Waals surface area (Å²) in [5.74, 6) is 1.75. The van der Waals surface area contributed by atoms with Crippen LogP contribution in [0.3, 0.4) is 0 Å². The van der Waals surface area contributed by atoms with Gasteiger partial charge < -0.3 is 9.88 Å². The summed E-state index contributed by atoms with van der Waals surface area (Å²) in [4.78, 5) is 14.8. The molecule has 0 fully saturated rings. The summed E-state index contributed by atoms with van der Waals surface area (Å²) in [5, 5.41) is 12.3. The van der Waals surface area contributed by atoms with Gasteiger partial charge in [-0.3, -0.25) is 4.79 Å². The number of amides is 1. The number of fused-ring (bicyclic) bond motifs is 1. The first kappa shape index (κ1) is 19.4. The lowest BCUT2D eigenvalue weighted by molar-refractivity contribution is -0.120. The van der Waals surface area contributed by atoms with E-state index in [0.29, 0.717) is 0 Å². The van der Waals surface area contributed by atoms with Gasteiger partial charge in [0.15, 0.2) is 11.0 Å². The van der Waals surface area contributed by atoms with Crippen LogP contribution < -0.4 is 5.32 Å². The zero-order valence-electron chi connectivity index (χ0n) is 16.2. The van der Waals surface area contributed by atoms with Crippen LogP contribution in [-0.4, -0.2) is 32.0 Å². The first-order valence-corrected chi connectivity index (χ1v) is 11.1. The van der Waals surface area contributed by atoms with Crippen molar-refractivity contribution < 1.29 is 4.79 Å². The van der Waals surface area contributed by atoms with Gasteiger partial charge in [0.25, 0.3) is 0 Å². The monoisotopic (exact) mass is 392 g/mol. The molecule has 0 aromatic carbocycles. The third-order valence-electron chi connectivity index (χ3n) is 4.90. The smallest absolute Gasteiger partial charge is 0.233 e. The zero-order valence-corrected chi connectivity index (χ0v) is 17.8. The van der Waals surface area contributed by atoms with Crippen molar-refractivity contribution in [2.45, 2.75) is 69.8 Å². The Balaban J connectivity index is 1.75. The van der Waals surface area contributed by atoms with Crippen molar-refractivity contribution in [3.63, 3.8) is 0 Å². The fraction of sp³-hybridized carbons (Fsp3) is 0.632. The lowest BCUT2D eigenvalue weighted by atomic mass is 9.87. The fourth-order valence-electron chi connectivity index (χ4n) is 3.30. The van der Waals surface area contributed by atoms with Gasteiger partial charge in [0.1, 0.15) is 0 Å². The second kappa shape index (κ2) is 8.13. The number of aryl methyl sites for hydroxylation is 1. The molecule has 0 radical (unpaired) electrons. The third kappa shape index (κ3) is 4.14. The van der Waals surface area contributed by atoms with Crippen LogP contribution in [0, 0.1) is 5.92 Å². The highest BCUT2D eigenvalue weighted by Gasteiger charge is 2.24. The van der Waals surface area contributed by atoms with Crippen LogP contribution in [-0.2, 0) is 24.7 Å². The summed E-state index contributed by atoms with van der Waals surface area (Å²) in [6.45, 7) is 8.13. The largest absolute Gasteiger partial charge is 0.353 e. The van der Waals surface area contributed by atoms with Gasteiger partial charge in [-0.15, -0.1) is 21.5 Å². The molecule has 1 amide bonds. The van der Waals surface area contributed by atoms with Crippen LogP contribution >= 0.6 is 23.1 Å². The van der Waals surface area contributed by atoms with Crippen LogP contribution in [0.5, 0.6) is 0 Å². The SMILES string of the molecule is CCC1CCc2sc(-c3nnc(SC(C)C(=O)NC(C)C)n3C)cc2C1. The van der Waals surface area contributed by atoms with Crippen LogP contribution in [0.15, 0.2) is 11.2 Å². The van der Waals surface area contributed by atoms with Gasteiger partial charge in [-0.2, -0.15) is 0 Å². The maximum absolute atomic E-state index is 12.2. The third-order valence-corrected chi connectivity index (χ3v) is 7.27. The second-order valence-corrected chi connectivity index (χ2v) is 9.81. The highest BCUT2D eigenvalue weighted by Crippen LogP contribution is 2.38. The van der Waals surface area contributed by atoms with E-state index in [1.54, 1.807) is 0 Å². The number of carbonyl (C=O) groups is 1. The quantitative estimate of drug-likeness (QED) is 0.753. The van der Waals surface area contributed by atoms with E-state index >= 15 is 0 Å². The lowest BCUT2D eigenvalue weighted by Gasteiger charge is -2.19. The topological polar surface area (TPSA) is 59.8 Å². The van der Waals surface area contributed by atoms with E-state index in [-0.39, 0.29) is 17.2 Å². The molecular weight excluding hydrogens is 364 g/mol. The fourth-order valence-corrected chi connectivity index (χ4v) is 5.36. The Kier molecular flexibility index (Phi) is 6.07. The van der Waals surface area contributed by atoms with Crippen molar-refractivity contribution >= 4 is 29.0 Å². The molecule has 1 aliphatic carbocycles. The highest BCUT2D eigenvalue weighted by atomic mass is 32.2. The first-order valence-electron chi connectivity index (χ1n) is 9.37. The number of thiophene rings is 1. The molecule has 2 aromatic rings. The minimum Gasteiger partial charge on any atom is -0.353 e. The van der Waals surface area contributed by atoms with E-state index in [2.05, 4.69) is 28.5 Å². The molecule has 26 heavy (non-hydrogen) atoms. The van der Waals surface area contributed by atoms with E-state index in [1.807, 2.05) is 43.7 Å². The normalized spacial score (nSPS) is 18.0. The van der Waals surface area contributed by atoms with Gasteiger partial charge in [-0.1, -0.05) is 25.1 Å². The van der Waals surface area contributed by atoms with Crippen molar-refractivity contribution in [1.29, 1.82) is 0 Å². The van der Waals surface area contributed by atoms with Gasteiger partial charge in [0.05, 0.1) is 10.1 Å². The van der Waals surface area contributed by atoms with E-state index in [1.165, 1.54) is 52.8 Å². The van der Waals surface area contributed by atoms with Gasteiger partial charge in [0, 0.05) is 18.0 Å². The van der Waals surface area contributed by atoms with Gasteiger partial charge in [-0.05, 0) is 57.6 Å². The molecule has 0 spiro atoms. The number of hydrogen-bond donors (Lipinski definition) is 1. The number of nitrogens with one attached hydrogen (secondary N) is 1. The van der Waals surface area contributed by atoms with Crippen molar-refractivity contribution in [2.24, 2.45) is 13.0 Å². The van der Waals surface area contributed by atoms with Crippen molar-refractivity contribution in [3.8, 4) is 10.7 Å². The van der Waals surface area contributed by atoms with Crippen LogP contribution in [0.2, 0.25) is 0 Å². The molecule has 1 aliphatic rings. The predicted octanol–water partition coefficient (Wildman–Crippen LogP) is 4.06. The molecule has 0 bridgehead atoms. The first-order chi connectivity index (χ1) is 12.4. The molecule has 0 saturated heterocycles. The second-order valence-electron chi connectivity index (χ2n) is 7.36. The van der Waals surface area contributed by atoms with Crippen molar-refractivity contribution in [1.82, 2.24) is 20.1 Å². The Morgan fingerprint density at radius 3 is 2.88 bits per heavy atom. The number of carbonyl (C=O) groups excluding carboxylic acids is 1. The van der Waals surface area contributed by atoms with Gasteiger partial charge in [-0.25, -0.2) is 0 Å². The standard InChI is InChI=1S/C19H28N4OS2/c1-6-13-7-8-15-14(9-13)10-16(26-15)17-21-22-19(23(17)5)25-12(4)18(24)20-11(2)3/h10-13H,6-9H2,1-5H3,(H,20,24). The Morgan fingerprint density at radius 2 is 2.19 bits per heavy atom. The van der Waals surface area contributed by atoms with E-state index < -0.39 is 0 Å². The number of aromatic nitrogens is 3. The summed E-state index contributed by atoms with van der Waals surface area (Å²) in [6, 6.07) is 2.44. The maximum Gasteiger partial charge on any atom is 0.233 e. The van der Waals surface area contributed by atoms with Crippen molar-refractivity contribution in [3.05, 3.63) is 16.5 Å². The molecule has 2 heterocycles. The molecule has 2 unspecified atom stereocenters. The lowest BCUT2D eigenvalue weighted by Crippen LogP contribution is -2.36. The molecular formula is C19H28N4OS2. The maximum atomic E-state index is 12.2. The van der Waals surface area contributed by atoms with E-state index in [4.69, 9.17) is 0 Å². The Bertz CT molecular complexity index is 781. The molecule has 3 rings (SSSR count). The molecule has 0 saturated carbocycles. The van der Waals surface area contributed by atoms with E-state index in [0.717, 1.165) is 16.9 Å². The highest BCUT2D eigenvalue weighted by molar-refractivity contribution is 8.00. The van der Waals surface area contributed by atoms with E-state index in [9.17, 15) is 4.79 Å². The predicted molar refractivity (Wildman–Crippen MR) is 109 cm³/mol. The molecule has 1 N–H and O–H groups in total. The summed E-state index contributed by atoms with van der Waals surface area (Å²) in [5.41, 5.74) is 1.49. The molecule has 7 heteroatoms. The summed E-state index contributed by atoms with van der Waals surface area (Å²) < 4.78 is 2.01. The average Bonchev–Trinajstić information content (AvgIpc) is 3.17.